The van der Waals surface area contributed by atoms with Crippen LogP contribution >= 0.6 is 11.6 Å². The van der Waals surface area contributed by atoms with Crippen LogP contribution in [0, 0.1) is 0 Å². The zero-order chi connectivity index (χ0) is 8.97. The minimum absolute atomic E-state index is 0.0249. The summed E-state index contributed by atoms with van der Waals surface area (Å²) in [6, 6.07) is 6.79. The fourth-order valence-corrected chi connectivity index (χ4v) is 1.06. The van der Waals surface area contributed by atoms with Crippen LogP contribution in [0.2, 0.25) is 5.02 Å². The first-order valence-electron chi connectivity index (χ1n) is 3.31. The topological polar surface area (TPSA) is 46.5 Å². The van der Waals surface area contributed by atoms with Crippen molar-refractivity contribution in [1.82, 2.24) is 0 Å². The Balaban J connectivity index is 2.69. The van der Waals surface area contributed by atoms with Crippen LogP contribution in [-0.2, 0) is 16.1 Å². The number of hydrogen-bond donors (Lipinski definition) is 1. The molecule has 1 aromatic carbocycles. The lowest BCUT2D eigenvalue weighted by molar-refractivity contribution is -0.233. The number of carbonyl (C=O) groups excluding carboxylic acids is 1. The van der Waals surface area contributed by atoms with Crippen molar-refractivity contribution < 1.29 is 14.9 Å². The van der Waals surface area contributed by atoms with Crippen LogP contribution in [0.15, 0.2) is 24.3 Å². The van der Waals surface area contributed by atoms with E-state index in [1.807, 2.05) is 0 Å². The fourth-order valence-electron chi connectivity index (χ4n) is 0.846. The molecule has 0 aliphatic carbocycles. The van der Waals surface area contributed by atoms with Gasteiger partial charge in [0.2, 0.25) is 0 Å². The predicted octanol–water partition coefficient (Wildman–Crippen LogP) is 1.90. The van der Waals surface area contributed by atoms with E-state index in [1.54, 1.807) is 24.3 Å². The summed E-state index contributed by atoms with van der Waals surface area (Å²) >= 11 is 5.66. The van der Waals surface area contributed by atoms with Gasteiger partial charge in [0.1, 0.15) is 0 Å². The Labute approximate surface area is 74.5 Å². The van der Waals surface area contributed by atoms with E-state index in [2.05, 4.69) is 4.89 Å². The van der Waals surface area contributed by atoms with Gasteiger partial charge in [-0.25, -0.2) is 4.79 Å². The van der Waals surface area contributed by atoms with E-state index in [0.717, 1.165) is 0 Å². The van der Waals surface area contributed by atoms with Crippen molar-refractivity contribution in [3.63, 3.8) is 0 Å². The van der Waals surface area contributed by atoms with Crippen molar-refractivity contribution in [1.29, 1.82) is 0 Å². The molecule has 0 saturated heterocycles. The summed E-state index contributed by atoms with van der Waals surface area (Å²) in [5.41, 5.74) is 0.710. The molecule has 0 unspecified atom stereocenters. The highest BCUT2D eigenvalue weighted by atomic mass is 35.5. The van der Waals surface area contributed by atoms with Gasteiger partial charge in [-0.15, -0.1) is 0 Å². The molecule has 3 nitrogen and oxygen atoms in total. The van der Waals surface area contributed by atoms with E-state index in [9.17, 15) is 4.79 Å². The molecule has 0 heterocycles. The molecular weight excluding hydrogens is 180 g/mol. The van der Waals surface area contributed by atoms with Gasteiger partial charge >= 0.3 is 5.97 Å². The molecule has 0 saturated carbocycles. The third kappa shape index (κ3) is 2.53. The predicted molar refractivity (Wildman–Crippen MR) is 43.9 cm³/mol. The fraction of sp³-hybridized carbons (Fsp3) is 0.125. The second-order valence-electron chi connectivity index (χ2n) is 2.27. The molecule has 0 spiro atoms. The van der Waals surface area contributed by atoms with Gasteiger partial charge in [0.15, 0.2) is 0 Å². The average Bonchev–Trinajstić information content (AvgIpc) is 2.04. The Morgan fingerprint density at radius 3 is 2.92 bits per heavy atom. The molecule has 1 rings (SSSR count). The minimum Gasteiger partial charge on any atom is -0.301 e. The average molecular weight is 187 g/mol. The molecule has 12 heavy (non-hydrogen) atoms. The first-order chi connectivity index (χ1) is 5.72. The molecule has 0 bridgehead atoms. The summed E-state index contributed by atoms with van der Waals surface area (Å²) in [6.07, 6.45) is 0.0249. The Morgan fingerprint density at radius 1 is 1.58 bits per heavy atom. The number of rotatable bonds is 2. The lowest BCUT2D eigenvalue weighted by Gasteiger charge is -1.97. The normalized spacial score (nSPS) is 9.50. The summed E-state index contributed by atoms with van der Waals surface area (Å²) < 4.78 is 0. The van der Waals surface area contributed by atoms with Crippen LogP contribution in [0.4, 0.5) is 0 Å². The van der Waals surface area contributed by atoms with Crippen LogP contribution in [0.25, 0.3) is 0 Å². The van der Waals surface area contributed by atoms with Crippen molar-refractivity contribution in [2.75, 3.05) is 0 Å². The zero-order valence-corrected chi connectivity index (χ0v) is 6.91. The highest BCUT2D eigenvalue weighted by Gasteiger charge is 2.03. The summed E-state index contributed by atoms with van der Waals surface area (Å²) in [5, 5.41) is 8.54. The Hall–Kier alpha value is -1.06. The summed E-state index contributed by atoms with van der Waals surface area (Å²) in [7, 11) is 0. The minimum atomic E-state index is -0.697. The van der Waals surface area contributed by atoms with Gasteiger partial charge in [0, 0.05) is 5.02 Å². The SMILES string of the molecule is O=C(Cc1cccc(Cl)c1)OO. The van der Waals surface area contributed by atoms with Crippen LogP contribution in [0.5, 0.6) is 0 Å². The quantitative estimate of drug-likeness (QED) is 0.567. The highest BCUT2D eigenvalue weighted by molar-refractivity contribution is 6.30. The van der Waals surface area contributed by atoms with Gasteiger partial charge < -0.3 is 4.89 Å². The van der Waals surface area contributed by atoms with Crippen molar-refractivity contribution in [2.24, 2.45) is 0 Å². The molecule has 0 aliphatic rings. The molecule has 0 aliphatic heterocycles. The van der Waals surface area contributed by atoms with E-state index < -0.39 is 5.97 Å². The lowest BCUT2D eigenvalue weighted by atomic mass is 10.2. The number of hydrogen-bond acceptors (Lipinski definition) is 3. The molecule has 64 valence electrons. The van der Waals surface area contributed by atoms with Crippen molar-refractivity contribution in [2.45, 2.75) is 6.42 Å². The van der Waals surface area contributed by atoms with Gasteiger partial charge in [-0.1, -0.05) is 23.7 Å². The van der Waals surface area contributed by atoms with Crippen LogP contribution in [0.3, 0.4) is 0 Å². The Bertz CT molecular complexity index is 285. The Kier molecular flexibility index (Phi) is 3.08. The highest BCUT2D eigenvalue weighted by Crippen LogP contribution is 2.11. The number of benzene rings is 1. The van der Waals surface area contributed by atoms with E-state index in [0.29, 0.717) is 10.6 Å². The van der Waals surface area contributed by atoms with Crippen LogP contribution in [-0.4, -0.2) is 11.2 Å². The van der Waals surface area contributed by atoms with Crippen LogP contribution in [0.1, 0.15) is 5.56 Å². The van der Waals surface area contributed by atoms with Gasteiger partial charge in [-0.3, -0.25) is 0 Å². The van der Waals surface area contributed by atoms with E-state index >= 15 is 0 Å². The van der Waals surface area contributed by atoms with Gasteiger partial charge in [0.05, 0.1) is 6.42 Å². The van der Waals surface area contributed by atoms with Gasteiger partial charge in [-0.2, -0.15) is 5.26 Å². The summed E-state index contributed by atoms with van der Waals surface area (Å²) in [5.74, 6) is -0.697. The zero-order valence-electron chi connectivity index (χ0n) is 6.16. The molecule has 0 aromatic heterocycles. The molecule has 0 fully saturated rings. The van der Waals surface area contributed by atoms with Crippen molar-refractivity contribution >= 4 is 17.6 Å². The van der Waals surface area contributed by atoms with E-state index in [4.69, 9.17) is 16.9 Å². The maximum Gasteiger partial charge on any atom is 0.346 e. The molecule has 0 radical (unpaired) electrons. The lowest BCUT2D eigenvalue weighted by Crippen LogP contribution is -2.04. The molecule has 0 atom stereocenters. The second kappa shape index (κ2) is 4.09. The molecule has 1 aromatic rings. The second-order valence-corrected chi connectivity index (χ2v) is 2.71. The third-order valence-electron chi connectivity index (χ3n) is 1.34. The van der Waals surface area contributed by atoms with Crippen LogP contribution < -0.4 is 0 Å². The van der Waals surface area contributed by atoms with E-state index in [-0.39, 0.29) is 6.42 Å². The van der Waals surface area contributed by atoms with Crippen molar-refractivity contribution in [3.05, 3.63) is 34.9 Å². The number of halogens is 1. The van der Waals surface area contributed by atoms with Gasteiger partial charge in [-0.05, 0) is 17.7 Å². The molecule has 0 amide bonds. The maximum absolute atomic E-state index is 10.6. The first kappa shape index (κ1) is 9.03. The monoisotopic (exact) mass is 186 g/mol. The summed E-state index contributed by atoms with van der Waals surface area (Å²) in [6.45, 7) is 0. The van der Waals surface area contributed by atoms with E-state index in [1.165, 1.54) is 0 Å². The molecule has 4 heteroatoms. The van der Waals surface area contributed by atoms with Gasteiger partial charge in [0.25, 0.3) is 0 Å². The first-order valence-corrected chi connectivity index (χ1v) is 3.69. The molecular formula is C8H7ClO3. The largest absolute Gasteiger partial charge is 0.346 e. The van der Waals surface area contributed by atoms with Crippen molar-refractivity contribution in [3.8, 4) is 0 Å². The third-order valence-corrected chi connectivity index (χ3v) is 1.57. The summed E-state index contributed by atoms with van der Waals surface area (Å²) in [4.78, 5) is 14.1. The smallest absolute Gasteiger partial charge is 0.301 e. The maximum atomic E-state index is 10.6. The number of carbonyl (C=O) groups is 1. The Morgan fingerprint density at radius 2 is 2.33 bits per heavy atom. The standard InChI is InChI=1S/C8H7ClO3/c9-7-3-1-2-6(4-7)5-8(10)12-11/h1-4,11H,5H2. The molecule has 1 N–H and O–H groups in total.